The van der Waals surface area contributed by atoms with Crippen LogP contribution >= 0.6 is 0 Å². The van der Waals surface area contributed by atoms with Gasteiger partial charge in [-0.1, -0.05) is 6.07 Å². The first kappa shape index (κ1) is 21.3. The summed E-state index contributed by atoms with van der Waals surface area (Å²) in [6.07, 6.45) is -1.49. The molecule has 30 heavy (non-hydrogen) atoms. The summed E-state index contributed by atoms with van der Waals surface area (Å²) in [5, 5.41) is 13.4. The molecule has 0 saturated carbocycles. The van der Waals surface area contributed by atoms with Gasteiger partial charge in [0.2, 0.25) is 5.43 Å². The number of aromatic amines is 1. The number of aromatic nitrogens is 4. The highest BCUT2D eigenvalue weighted by molar-refractivity contribution is 5.92. The molecule has 0 atom stereocenters. The van der Waals surface area contributed by atoms with Crippen LogP contribution in [0, 0.1) is 13.8 Å². The Morgan fingerprint density at radius 1 is 1.23 bits per heavy atom. The largest absolute Gasteiger partial charge is 0.416 e. The first-order valence-electron chi connectivity index (χ1n) is 9.22. The smallest absolute Gasteiger partial charge is 0.351 e. The maximum atomic E-state index is 13.0. The normalized spacial score (nSPS) is 11.5. The van der Waals surface area contributed by atoms with Crippen molar-refractivity contribution in [3.05, 3.63) is 75.0 Å². The number of amides is 1. The summed E-state index contributed by atoms with van der Waals surface area (Å²) < 4.78 is 40.2. The molecule has 0 fully saturated rings. The van der Waals surface area contributed by atoms with Crippen molar-refractivity contribution >= 4 is 5.91 Å². The zero-order valence-corrected chi connectivity index (χ0v) is 16.4. The van der Waals surface area contributed by atoms with Crippen LogP contribution in [0.3, 0.4) is 0 Å². The molecule has 0 bridgehead atoms. The number of alkyl halides is 3. The fourth-order valence-corrected chi connectivity index (χ4v) is 2.97. The first-order valence-corrected chi connectivity index (χ1v) is 9.22. The van der Waals surface area contributed by atoms with Crippen molar-refractivity contribution in [2.24, 2.45) is 0 Å². The Labute approximate surface area is 169 Å². The molecule has 0 aliphatic rings. The third-order valence-electron chi connectivity index (χ3n) is 4.58. The van der Waals surface area contributed by atoms with E-state index >= 15 is 0 Å². The van der Waals surface area contributed by atoms with Gasteiger partial charge in [-0.15, -0.1) is 0 Å². The molecule has 0 aliphatic carbocycles. The van der Waals surface area contributed by atoms with E-state index in [0.29, 0.717) is 25.1 Å². The molecule has 0 radical (unpaired) electrons. The summed E-state index contributed by atoms with van der Waals surface area (Å²) >= 11 is 0. The van der Waals surface area contributed by atoms with Crippen molar-refractivity contribution in [1.29, 1.82) is 0 Å². The van der Waals surface area contributed by atoms with E-state index < -0.39 is 23.1 Å². The van der Waals surface area contributed by atoms with E-state index in [2.05, 4.69) is 20.6 Å². The van der Waals surface area contributed by atoms with E-state index in [1.807, 2.05) is 6.92 Å². The van der Waals surface area contributed by atoms with E-state index in [9.17, 15) is 22.8 Å². The van der Waals surface area contributed by atoms with Gasteiger partial charge in [0.25, 0.3) is 5.91 Å². The maximum Gasteiger partial charge on any atom is 0.416 e. The van der Waals surface area contributed by atoms with Crippen LogP contribution in [-0.2, 0) is 12.6 Å². The minimum atomic E-state index is -4.52. The molecule has 7 nitrogen and oxygen atoms in total. The van der Waals surface area contributed by atoms with E-state index in [4.69, 9.17) is 0 Å². The topological polar surface area (TPSA) is 92.7 Å². The van der Waals surface area contributed by atoms with Gasteiger partial charge in [-0.05, 0) is 50.5 Å². The molecule has 158 valence electrons. The molecular weight excluding hydrogens is 399 g/mol. The fraction of sp³-hybridized carbons (Fsp3) is 0.300. The van der Waals surface area contributed by atoms with Gasteiger partial charge >= 0.3 is 6.18 Å². The summed E-state index contributed by atoms with van der Waals surface area (Å²) in [7, 11) is 0. The molecule has 10 heteroatoms. The molecule has 1 amide bonds. The van der Waals surface area contributed by atoms with E-state index in [1.54, 1.807) is 6.20 Å². The first-order chi connectivity index (χ1) is 14.2. The number of nitrogens with zero attached hydrogens (tertiary/aromatic N) is 3. The highest BCUT2D eigenvalue weighted by atomic mass is 19.4. The minimum absolute atomic E-state index is 0.104. The predicted octanol–water partition coefficient (Wildman–Crippen LogP) is 2.95. The number of hydrogen-bond donors (Lipinski definition) is 2. The van der Waals surface area contributed by atoms with Crippen molar-refractivity contribution in [3.8, 4) is 5.69 Å². The standard InChI is InChI=1S/C20H20F3N5O2/c1-12-9-17(29)18(19(30)24-8-4-5-14-11-25-26-13(14)2)27-28(12)16-7-3-6-15(10-16)20(21,22)23/h3,6-7,9-11H,4-5,8H2,1-2H3,(H,24,30)(H,25,26). The Kier molecular flexibility index (Phi) is 6.04. The second kappa shape index (κ2) is 8.52. The number of nitrogens with one attached hydrogen (secondary N) is 2. The lowest BCUT2D eigenvalue weighted by atomic mass is 10.1. The Morgan fingerprint density at radius 3 is 2.67 bits per heavy atom. The van der Waals surface area contributed by atoms with Gasteiger partial charge in [0.05, 0.1) is 17.4 Å². The Bertz CT molecular complexity index is 1120. The number of rotatable bonds is 6. The van der Waals surface area contributed by atoms with Gasteiger partial charge in [0, 0.05) is 24.0 Å². The van der Waals surface area contributed by atoms with Crippen LogP contribution in [0.2, 0.25) is 0 Å². The quantitative estimate of drug-likeness (QED) is 0.601. The fourth-order valence-electron chi connectivity index (χ4n) is 2.97. The van der Waals surface area contributed by atoms with E-state index in [1.165, 1.54) is 25.1 Å². The van der Waals surface area contributed by atoms with Crippen LogP contribution in [0.4, 0.5) is 13.2 Å². The molecule has 2 N–H and O–H groups in total. The summed E-state index contributed by atoms with van der Waals surface area (Å²) in [6.45, 7) is 3.74. The van der Waals surface area contributed by atoms with Crippen LogP contribution in [0.15, 0.2) is 41.3 Å². The number of aryl methyl sites for hydroxylation is 3. The number of carbonyl (C=O) groups is 1. The van der Waals surface area contributed by atoms with Crippen molar-refractivity contribution < 1.29 is 18.0 Å². The summed E-state index contributed by atoms with van der Waals surface area (Å²) in [5.74, 6) is -0.676. The monoisotopic (exact) mass is 419 g/mol. The number of H-pyrrole nitrogens is 1. The van der Waals surface area contributed by atoms with Crippen LogP contribution in [0.1, 0.15) is 39.4 Å². The maximum absolute atomic E-state index is 13.0. The minimum Gasteiger partial charge on any atom is -0.351 e. The lowest BCUT2D eigenvalue weighted by molar-refractivity contribution is -0.137. The van der Waals surface area contributed by atoms with Crippen molar-refractivity contribution in [1.82, 2.24) is 25.3 Å². The van der Waals surface area contributed by atoms with Crippen molar-refractivity contribution in [2.45, 2.75) is 32.9 Å². The summed E-state index contributed by atoms with van der Waals surface area (Å²) in [6, 6.07) is 5.71. The molecule has 3 rings (SSSR count). The van der Waals surface area contributed by atoms with Gasteiger partial charge in [0.15, 0.2) is 5.69 Å². The molecule has 0 saturated heterocycles. The van der Waals surface area contributed by atoms with Crippen LogP contribution in [0.25, 0.3) is 5.69 Å². The van der Waals surface area contributed by atoms with Crippen LogP contribution < -0.4 is 10.7 Å². The lowest BCUT2D eigenvalue weighted by Gasteiger charge is -2.13. The Hall–Kier alpha value is -3.43. The average molecular weight is 419 g/mol. The lowest BCUT2D eigenvalue weighted by Crippen LogP contribution is -2.32. The molecule has 0 unspecified atom stereocenters. The number of benzene rings is 1. The molecule has 0 aliphatic heterocycles. The highest BCUT2D eigenvalue weighted by Gasteiger charge is 2.30. The third kappa shape index (κ3) is 4.76. The van der Waals surface area contributed by atoms with Gasteiger partial charge < -0.3 is 5.32 Å². The molecule has 0 spiro atoms. The molecule has 1 aromatic carbocycles. The zero-order valence-electron chi connectivity index (χ0n) is 16.4. The second-order valence-electron chi connectivity index (χ2n) is 6.84. The number of halogens is 3. The van der Waals surface area contributed by atoms with Gasteiger partial charge in [0.1, 0.15) is 0 Å². The molecule has 2 aromatic heterocycles. The highest BCUT2D eigenvalue weighted by Crippen LogP contribution is 2.30. The summed E-state index contributed by atoms with van der Waals surface area (Å²) in [4.78, 5) is 24.7. The summed E-state index contributed by atoms with van der Waals surface area (Å²) in [5.41, 5.74) is 0.574. The average Bonchev–Trinajstić information content (AvgIpc) is 3.09. The zero-order chi connectivity index (χ0) is 21.9. The van der Waals surface area contributed by atoms with Crippen LogP contribution in [-0.4, -0.2) is 32.4 Å². The van der Waals surface area contributed by atoms with E-state index in [0.717, 1.165) is 28.1 Å². The predicted molar refractivity (Wildman–Crippen MR) is 104 cm³/mol. The third-order valence-corrected chi connectivity index (χ3v) is 4.58. The molecule has 3 aromatic rings. The number of carbonyl (C=O) groups excluding carboxylic acids is 1. The second-order valence-corrected chi connectivity index (χ2v) is 6.84. The van der Waals surface area contributed by atoms with Crippen molar-refractivity contribution in [2.75, 3.05) is 6.54 Å². The Balaban J connectivity index is 1.77. The van der Waals surface area contributed by atoms with E-state index in [-0.39, 0.29) is 11.4 Å². The van der Waals surface area contributed by atoms with Crippen molar-refractivity contribution in [3.63, 3.8) is 0 Å². The van der Waals surface area contributed by atoms with Gasteiger partial charge in [-0.2, -0.15) is 23.4 Å². The SMILES string of the molecule is Cc1[nH]ncc1CCCNC(=O)c1nn(-c2cccc(C(F)(F)F)c2)c(C)cc1=O. The van der Waals surface area contributed by atoms with Gasteiger partial charge in [-0.25, -0.2) is 4.68 Å². The van der Waals surface area contributed by atoms with Crippen LogP contribution in [0.5, 0.6) is 0 Å². The molecule has 2 heterocycles. The number of hydrogen-bond acceptors (Lipinski definition) is 4. The Morgan fingerprint density at radius 2 is 2.00 bits per heavy atom. The van der Waals surface area contributed by atoms with Gasteiger partial charge in [-0.3, -0.25) is 14.7 Å². The molecular formula is C20H20F3N5O2.